The molecule has 1 unspecified atom stereocenters. The summed E-state index contributed by atoms with van der Waals surface area (Å²) in [5.74, 6) is -3.42. The molecule has 0 aliphatic rings. The summed E-state index contributed by atoms with van der Waals surface area (Å²) in [5.41, 5.74) is -1.99. The Morgan fingerprint density at radius 3 is 2.48 bits per heavy atom. The Bertz CT molecular complexity index is 1610. The first kappa shape index (κ1) is 33.7. The highest BCUT2D eigenvalue weighted by Crippen LogP contribution is 2.28. The Morgan fingerprint density at radius 1 is 1.14 bits per heavy atom. The molecule has 2 aromatic heterocycles. The molecule has 0 spiro atoms. The van der Waals surface area contributed by atoms with Crippen molar-refractivity contribution < 1.29 is 41.1 Å². The van der Waals surface area contributed by atoms with Crippen LogP contribution in [0.3, 0.4) is 0 Å². The summed E-state index contributed by atoms with van der Waals surface area (Å²) >= 11 is 0. The van der Waals surface area contributed by atoms with Crippen molar-refractivity contribution in [3.05, 3.63) is 69.9 Å². The number of likely N-dealkylation sites (N-methyl/N-ethyl adjacent to an activating group) is 1. The number of pyridine rings is 1. The number of aryl methyl sites for hydroxylation is 1. The number of amides is 3. The normalized spacial score (nSPS) is 12.4. The fraction of sp³-hybridized carbons (Fsp3) is 0.393. The highest BCUT2D eigenvalue weighted by atomic mass is 19.4. The van der Waals surface area contributed by atoms with Crippen molar-refractivity contribution in [3.63, 3.8) is 0 Å². The summed E-state index contributed by atoms with van der Waals surface area (Å²) in [4.78, 5) is 59.2. The Labute approximate surface area is 248 Å². The van der Waals surface area contributed by atoms with Crippen LogP contribution in [-0.4, -0.2) is 82.7 Å². The summed E-state index contributed by atoms with van der Waals surface area (Å²) in [6, 6.07) is 3.15. The van der Waals surface area contributed by atoms with Crippen molar-refractivity contribution in [3.8, 4) is 0 Å². The molecule has 3 amide bonds. The predicted octanol–water partition coefficient (Wildman–Crippen LogP) is 3.98. The molecule has 44 heavy (non-hydrogen) atoms. The molecule has 0 radical (unpaired) electrons. The minimum atomic E-state index is -4.57. The zero-order valence-corrected chi connectivity index (χ0v) is 24.3. The Hall–Kier alpha value is -4.76. The van der Waals surface area contributed by atoms with Crippen LogP contribution in [0.15, 0.2) is 41.3 Å². The van der Waals surface area contributed by atoms with E-state index in [1.807, 2.05) is 0 Å². The molecule has 2 heterocycles. The fourth-order valence-electron chi connectivity index (χ4n) is 3.97. The monoisotopic (exact) mass is 626 g/mol. The number of H-pyrrole nitrogens is 1. The lowest BCUT2D eigenvalue weighted by Gasteiger charge is -2.19. The van der Waals surface area contributed by atoms with Crippen LogP contribution in [0.5, 0.6) is 0 Å². The molecule has 2 N–H and O–H groups in total. The molecule has 0 aliphatic carbocycles. The van der Waals surface area contributed by atoms with Gasteiger partial charge in [0, 0.05) is 52.4 Å². The van der Waals surface area contributed by atoms with Gasteiger partial charge in [0.25, 0.3) is 11.5 Å². The van der Waals surface area contributed by atoms with Crippen molar-refractivity contribution in [1.82, 2.24) is 24.3 Å². The number of alkyl halides is 3. The van der Waals surface area contributed by atoms with Crippen LogP contribution in [0.25, 0.3) is 11.0 Å². The number of imidazole rings is 1. The van der Waals surface area contributed by atoms with E-state index in [-0.39, 0.29) is 47.8 Å². The molecular weight excluding hydrogens is 595 g/mol. The van der Waals surface area contributed by atoms with Crippen molar-refractivity contribution >= 4 is 34.6 Å². The Morgan fingerprint density at radius 2 is 1.84 bits per heavy atom. The summed E-state index contributed by atoms with van der Waals surface area (Å²) < 4.78 is 73.4. The number of carbonyl (C=O) groups is 3. The lowest BCUT2D eigenvalue weighted by atomic mass is 10.1. The Balaban J connectivity index is 1.83. The molecule has 11 nitrogen and oxygen atoms in total. The summed E-state index contributed by atoms with van der Waals surface area (Å²) in [5, 5.41) is 2.42. The topological polar surface area (TPSA) is 130 Å². The van der Waals surface area contributed by atoms with Gasteiger partial charge < -0.3 is 29.4 Å². The third kappa shape index (κ3) is 8.87. The maximum Gasteiger partial charge on any atom is 0.410 e. The summed E-state index contributed by atoms with van der Waals surface area (Å²) in [7, 11) is 5.97. The van der Waals surface area contributed by atoms with Gasteiger partial charge in [-0.3, -0.25) is 14.4 Å². The number of nitrogens with one attached hydrogen (secondary N) is 2. The zero-order valence-electron chi connectivity index (χ0n) is 24.3. The lowest BCUT2D eigenvalue weighted by Crippen LogP contribution is -2.37. The first-order chi connectivity index (χ1) is 20.6. The van der Waals surface area contributed by atoms with Gasteiger partial charge in [-0.2, -0.15) is 13.2 Å². The molecule has 3 rings (SSSR count). The maximum atomic E-state index is 14.4. The third-order valence-corrected chi connectivity index (χ3v) is 6.28. The third-order valence-electron chi connectivity index (χ3n) is 6.28. The van der Waals surface area contributed by atoms with Crippen LogP contribution < -0.4 is 10.9 Å². The molecular formula is C28H31F5N6O5. The molecule has 16 heteroatoms. The van der Waals surface area contributed by atoms with Crippen molar-refractivity contribution in [2.45, 2.75) is 44.5 Å². The van der Waals surface area contributed by atoms with Gasteiger partial charge in [-0.15, -0.1) is 0 Å². The molecule has 1 atom stereocenters. The number of ether oxygens (including phenoxy) is 1. The molecule has 238 valence electrons. The number of anilines is 1. The number of carbonyl (C=O) groups excluding carboxylic acids is 3. The first-order valence-electron chi connectivity index (χ1n) is 13.3. The number of allylic oxidation sites excluding steroid dienone is 1. The van der Waals surface area contributed by atoms with Gasteiger partial charge in [0.2, 0.25) is 5.91 Å². The molecule has 0 saturated carbocycles. The Kier molecular flexibility index (Phi) is 10.8. The van der Waals surface area contributed by atoms with Crippen LogP contribution in [0, 0.1) is 11.6 Å². The van der Waals surface area contributed by atoms with Gasteiger partial charge in [0.05, 0.1) is 12.1 Å². The van der Waals surface area contributed by atoms with E-state index in [2.05, 4.69) is 15.3 Å². The smallest absolute Gasteiger partial charge is 0.410 e. The van der Waals surface area contributed by atoms with E-state index in [1.54, 1.807) is 14.1 Å². The quantitative estimate of drug-likeness (QED) is 0.245. The largest absolute Gasteiger partial charge is 0.436 e. The van der Waals surface area contributed by atoms with Crippen molar-refractivity contribution in [2.24, 2.45) is 0 Å². The van der Waals surface area contributed by atoms with Gasteiger partial charge in [-0.25, -0.2) is 18.6 Å². The number of benzene rings is 1. The van der Waals surface area contributed by atoms with Crippen molar-refractivity contribution in [1.29, 1.82) is 0 Å². The number of hydrogen-bond acceptors (Lipinski definition) is 6. The minimum absolute atomic E-state index is 0.0125. The second kappa shape index (κ2) is 14.1. The summed E-state index contributed by atoms with van der Waals surface area (Å²) in [6.45, 7) is -0.333. The molecule has 3 aromatic rings. The van der Waals surface area contributed by atoms with E-state index >= 15 is 0 Å². The number of aromatic nitrogens is 3. The predicted molar refractivity (Wildman–Crippen MR) is 150 cm³/mol. The standard InChI is InChI=1S/C28H31F5N6O5/c1-37(2)22(40)10-6-5-9-20(44-27(43)38(3)4)25(41)34-19-8-7-13-39(26(19)42)15-21-35-23-16(11-12-28(31,32)33)17(29)14-18(30)24(23)36-21/h6-8,10,13-14,20H,5,9,11-12,15H2,1-4H3,(H,34,41)(H,35,36). The zero-order chi connectivity index (χ0) is 32.8. The summed E-state index contributed by atoms with van der Waals surface area (Å²) in [6.07, 6.45) is -4.50. The number of hydrogen-bond donors (Lipinski definition) is 2. The maximum absolute atomic E-state index is 14.4. The number of halogens is 5. The lowest BCUT2D eigenvalue weighted by molar-refractivity contribution is -0.134. The first-order valence-corrected chi connectivity index (χ1v) is 13.3. The molecule has 0 fully saturated rings. The van der Waals surface area contributed by atoms with Gasteiger partial charge in [0.15, 0.2) is 11.9 Å². The highest BCUT2D eigenvalue weighted by molar-refractivity contribution is 5.95. The molecule has 1 aromatic carbocycles. The van der Waals surface area contributed by atoms with E-state index in [0.29, 0.717) is 6.07 Å². The van der Waals surface area contributed by atoms with Crippen LogP contribution >= 0.6 is 0 Å². The van der Waals surface area contributed by atoms with E-state index in [4.69, 9.17) is 4.74 Å². The van der Waals surface area contributed by atoms with Gasteiger partial charge >= 0.3 is 12.3 Å². The van der Waals surface area contributed by atoms with E-state index in [9.17, 15) is 41.1 Å². The van der Waals surface area contributed by atoms with E-state index in [0.717, 1.165) is 9.47 Å². The second-order valence-electron chi connectivity index (χ2n) is 10.2. The second-order valence-corrected chi connectivity index (χ2v) is 10.2. The van der Waals surface area contributed by atoms with Crippen LogP contribution in [0.2, 0.25) is 0 Å². The van der Waals surface area contributed by atoms with Crippen molar-refractivity contribution in [2.75, 3.05) is 33.5 Å². The SMILES string of the molecule is CN(C)C(=O)C=CCCC(OC(=O)N(C)C)C(=O)Nc1cccn(Cc2nc3c(F)cc(F)c(CCC(F)(F)F)c3[nH]2)c1=O. The fourth-order valence-corrected chi connectivity index (χ4v) is 3.97. The van der Waals surface area contributed by atoms with E-state index < -0.39 is 59.9 Å². The van der Waals surface area contributed by atoms with Gasteiger partial charge in [0.1, 0.15) is 22.8 Å². The van der Waals surface area contributed by atoms with Gasteiger partial charge in [-0.1, -0.05) is 6.08 Å². The average molecular weight is 627 g/mol. The number of rotatable bonds is 11. The van der Waals surface area contributed by atoms with Crippen LogP contribution in [0.1, 0.15) is 30.7 Å². The van der Waals surface area contributed by atoms with Crippen LogP contribution in [-0.2, 0) is 27.3 Å². The van der Waals surface area contributed by atoms with E-state index in [1.165, 1.54) is 49.5 Å². The number of fused-ring (bicyclic) bond motifs is 1. The molecule has 0 bridgehead atoms. The van der Waals surface area contributed by atoms with Gasteiger partial charge in [-0.05, 0) is 37.5 Å². The minimum Gasteiger partial charge on any atom is -0.436 e. The number of nitrogens with zero attached hydrogens (tertiary/aromatic N) is 4. The molecule has 0 aliphatic heterocycles. The molecule has 0 saturated heterocycles. The average Bonchev–Trinajstić information content (AvgIpc) is 3.35. The number of aromatic amines is 1. The highest BCUT2D eigenvalue weighted by Gasteiger charge is 2.29. The van der Waals surface area contributed by atoms with Crippen LogP contribution in [0.4, 0.5) is 32.4 Å².